The predicted molar refractivity (Wildman–Crippen MR) is 83.3 cm³/mol. The van der Waals surface area contributed by atoms with Crippen LogP contribution in [0.4, 0.5) is 5.69 Å². The van der Waals surface area contributed by atoms with E-state index in [1.54, 1.807) is 6.20 Å². The summed E-state index contributed by atoms with van der Waals surface area (Å²) in [6.07, 6.45) is 6.06. The molecule has 0 spiro atoms. The SMILES string of the molecule is CCc1ncc(CN=C(N)Nc2ccc3c(c2)CCC3)o1. The third-order valence-electron chi connectivity index (χ3n) is 3.68. The fourth-order valence-electron chi connectivity index (χ4n) is 2.58. The van der Waals surface area contributed by atoms with Crippen molar-refractivity contribution in [3.05, 3.63) is 47.2 Å². The van der Waals surface area contributed by atoms with E-state index in [1.807, 2.05) is 6.92 Å². The van der Waals surface area contributed by atoms with E-state index in [-0.39, 0.29) is 0 Å². The summed E-state index contributed by atoms with van der Waals surface area (Å²) in [5.41, 5.74) is 9.77. The molecular weight excluding hydrogens is 264 g/mol. The Morgan fingerprint density at radius 1 is 1.38 bits per heavy atom. The highest BCUT2D eigenvalue weighted by atomic mass is 16.4. The number of nitrogens with two attached hydrogens (primary N) is 1. The molecule has 0 fully saturated rings. The highest BCUT2D eigenvalue weighted by molar-refractivity contribution is 5.92. The number of aryl methyl sites for hydroxylation is 3. The number of guanidine groups is 1. The molecule has 3 rings (SSSR count). The predicted octanol–water partition coefficient (Wildman–Crippen LogP) is 2.65. The molecule has 5 nitrogen and oxygen atoms in total. The molecule has 0 saturated heterocycles. The summed E-state index contributed by atoms with van der Waals surface area (Å²) >= 11 is 0. The molecule has 1 aromatic carbocycles. The summed E-state index contributed by atoms with van der Waals surface area (Å²) in [7, 11) is 0. The van der Waals surface area contributed by atoms with E-state index < -0.39 is 0 Å². The van der Waals surface area contributed by atoms with Gasteiger partial charge in [0.25, 0.3) is 0 Å². The lowest BCUT2D eigenvalue weighted by atomic mass is 10.1. The Bertz CT molecular complexity index is 660. The van der Waals surface area contributed by atoms with Crippen LogP contribution in [0.2, 0.25) is 0 Å². The summed E-state index contributed by atoms with van der Waals surface area (Å²) in [6.45, 7) is 2.40. The first-order valence-electron chi connectivity index (χ1n) is 7.37. The molecule has 0 atom stereocenters. The zero-order valence-electron chi connectivity index (χ0n) is 12.2. The van der Waals surface area contributed by atoms with Crippen molar-refractivity contribution in [2.24, 2.45) is 10.7 Å². The van der Waals surface area contributed by atoms with Crippen molar-refractivity contribution in [1.29, 1.82) is 0 Å². The van der Waals surface area contributed by atoms with E-state index in [9.17, 15) is 0 Å². The maximum Gasteiger partial charge on any atom is 0.194 e. The van der Waals surface area contributed by atoms with Crippen LogP contribution in [-0.2, 0) is 25.8 Å². The molecule has 1 aromatic heterocycles. The lowest BCUT2D eigenvalue weighted by molar-refractivity contribution is 0.462. The van der Waals surface area contributed by atoms with E-state index in [0.29, 0.717) is 12.5 Å². The third kappa shape index (κ3) is 3.24. The van der Waals surface area contributed by atoms with Gasteiger partial charge in [-0.2, -0.15) is 0 Å². The first kappa shape index (κ1) is 13.7. The lowest BCUT2D eigenvalue weighted by Gasteiger charge is -2.07. The van der Waals surface area contributed by atoms with Crippen molar-refractivity contribution < 1.29 is 4.42 Å². The molecule has 1 heterocycles. The minimum Gasteiger partial charge on any atom is -0.444 e. The van der Waals surface area contributed by atoms with Gasteiger partial charge in [-0.25, -0.2) is 9.98 Å². The molecule has 0 amide bonds. The third-order valence-corrected chi connectivity index (χ3v) is 3.68. The Kier molecular flexibility index (Phi) is 3.90. The van der Waals surface area contributed by atoms with Crippen molar-refractivity contribution in [3.8, 4) is 0 Å². The summed E-state index contributed by atoms with van der Waals surface area (Å²) in [5.74, 6) is 1.85. The number of hydrogen-bond acceptors (Lipinski definition) is 3. The van der Waals surface area contributed by atoms with Crippen LogP contribution in [0, 0.1) is 0 Å². The topological polar surface area (TPSA) is 76.4 Å². The molecule has 110 valence electrons. The zero-order chi connectivity index (χ0) is 14.7. The van der Waals surface area contributed by atoms with Crippen LogP contribution in [-0.4, -0.2) is 10.9 Å². The van der Waals surface area contributed by atoms with Gasteiger partial charge in [0, 0.05) is 12.1 Å². The molecule has 2 aromatic rings. The number of aliphatic imine (C=N–C) groups is 1. The Labute approximate surface area is 124 Å². The van der Waals surface area contributed by atoms with Gasteiger partial charge in [-0.1, -0.05) is 13.0 Å². The second kappa shape index (κ2) is 5.99. The van der Waals surface area contributed by atoms with Crippen molar-refractivity contribution in [3.63, 3.8) is 0 Å². The number of aromatic nitrogens is 1. The van der Waals surface area contributed by atoms with Crippen molar-refractivity contribution >= 4 is 11.6 Å². The number of nitrogens with zero attached hydrogens (tertiary/aromatic N) is 2. The number of fused-ring (bicyclic) bond motifs is 1. The van der Waals surface area contributed by atoms with E-state index in [2.05, 4.69) is 33.5 Å². The Morgan fingerprint density at radius 2 is 2.24 bits per heavy atom. The molecule has 0 radical (unpaired) electrons. The maximum absolute atomic E-state index is 5.91. The highest BCUT2D eigenvalue weighted by Gasteiger charge is 2.10. The quantitative estimate of drug-likeness (QED) is 0.668. The average molecular weight is 284 g/mol. The van der Waals surface area contributed by atoms with E-state index in [0.717, 1.165) is 30.2 Å². The first-order chi connectivity index (χ1) is 10.2. The van der Waals surface area contributed by atoms with Crippen molar-refractivity contribution in [2.75, 3.05) is 5.32 Å². The molecular formula is C16H20N4O. The van der Waals surface area contributed by atoms with Gasteiger partial charge in [0.2, 0.25) is 0 Å². The van der Waals surface area contributed by atoms with Crippen LogP contribution < -0.4 is 11.1 Å². The Hall–Kier alpha value is -2.30. The van der Waals surface area contributed by atoms with Crippen LogP contribution in [0.15, 0.2) is 33.8 Å². The summed E-state index contributed by atoms with van der Waals surface area (Å²) in [5, 5.41) is 3.13. The van der Waals surface area contributed by atoms with Crippen LogP contribution in [0.5, 0.6) is 0 Å². The summed E-state index contributed by atoms with van der Waals surface area (Å²) in [4.78, 5) is 8.42. The normalized spacial score (nSPS) is 14.2. The molecule has 0 bridgehead atoms. The standard InChI is InChI=1S/C16H20N4O/c1-2-15-18-9-14(21-15)10-19-16(17)20-13-7-6-11-4-3-5-12(11)8-13/h6-9H,2-5,10H2,1H3,(H3,17,19,20). The minimum atomic E-state index is 0.391. The molecule has 5 heteroatoms. The monoisotopic (exact) mass is 284 g/mol. The van der Waals surface area contributed by atoms with Gasteiger partial charge in [-0.15, -0.1) is 0 Å². The van der Waals surface area contributed by atoms with E-state index in [4.69, 9.17) is 10.2 Å². The van der Waals surface area contributed by atoms with Gasteiger partial charge in [-0.05, 0) is 42.5 Å². The van der Waals surface area contributed by atoms with Crippen LogP contribution >= 0.6 is 0 Å². The molecule has 0 aliphatic heterocycles. The first-order valence-corrected chi connectivity index (χ1v) is 7.37. The van der Waals surface area contributed by atoms with Crippen molar-refractivity contribution in [1.82, 2.24) is 4.98 Å². The lowest BCUT2D eigenvalue weighted by Crippen LogP contribution is -2.22. The second-order valence-electron chi connectivity index (χ2n) is 5.24. The van der Waals surface area contributed by atoms with E-state index in [1.165, 1.54) is 24.0 Å². The maximum atomic E-state index is 5.91. The van der Waals surface area contributed by atoms with Crippen LogP contribution in [0.3, 0.4) is 0 Å². The van der Waals surface area contributed by atoms with Gasteiger partial charge in [0.1, 0.15) is 12.3 Å². The van der Waals surface area contributed by atoms with Gasteiger partial charge in [0.05, 0.1) is 6.20 Å². The summed E-state index contributed by atoms with van der Waals surface area (Å²) < 4.78 is 5.49. The zero-order valence-corrected chi connectivity index (χ0v) is 12.2. The Balaban J connectivity index is 1.62. The van der Waals surface area contributed by atoms with Crippen LogP contribution in [0.25, 0.3) is 0 Å². The molecule has 0 unspecified atom stereocenters. The fraction of sp³-hybridized carbons (Fsp3) is 0.375. The number of anilines is 1. The van der Waals surface area contributed by atoms with Gasteiger partial charge in [-0.3, -0.25) is 0 Å². The van der Waals surface area contributed by atoms with E-state index >= 15 is 0 Å². The largest absolute Gasteiger partial charge is 0.444 e. The average Bonchev–Trinajstić information content (AvgIpc) is 3.13. The van der Waals surface area contributed by atoms with Crippen molar-refractivity contribution in [2.45, 2.75) is 39.2 Å². The van der Waals surface area contributed by atoms with Crippen LogP contribution in [0.1, 0.15) is 36.1 Å². The number of oxazole rings is 1. The highest BCUT2D eigenvalue weighted by Crippen LogP contribution is 2.24. The van der Waals surface area contributed by atoms with Gasteiger partial charge in [0.15, 0.2) is 11.9 Å². The molecule has 0 saturated carbocycles. The smallest absolute Gasteiger partial charge is 0.194 e. The second-order valence-corrected chi connectivity index (χ2v) is 5.24. The molecule has 1 aliphatic carbocycles. The fourth-order valence-corrected chi connectivity index (χ4v) is 2.58. The molecule has 1 aliphatic rings. The number of hydrogen-bond donors (Lipinski definition) is 2. The Morgan fingerprint density at radius 3 is 3.05 bits per heavy atom. The number of nitrogens with one attached hydrogen (secondary N) is 1. The minimum absolute atomic E-state index is 0.391. The summed E-state index contributed by atoms with van der Waals surface area (Å²) in [6, 6.07) is 6.38. The number of benzene rings is 1. The molecule has 3 N–H and O–H groups in total. The van der Waals surface area contributed by atoms with Gasteiger partial charge < -0.3 is 15.5 Å². The molecule has 21 heavy (non-hydrogen) atoms. The van der Waals surface area contributed by atoms with Gasteiger partial charge >= 0.3 is 0 Å². The number of rotatable bonds is 4.